The van der Waals surface area contributed by atoms with Gasteiger partial charge in [0.2, 0.25) is 5.13 Å². The Labute approximate surface area is 125 Å². The van der Waals surface area contributed by atoms with Crippen molar-refractivity contribution in [3.05, 3.63) is 35.7 Å². The fourth-order valence-corrected chi connectivity index (χ4v) is 2.15. The molecule has 110 valence electrons. The lowest BCUT2D eigenvalue weighted by molar-refractivity contribution is 0.0698. The largest absolute Gasteiger partial charge is 0.478 e. The maximum absolute atomic E-state index is 11.1. The van der Waals surface area contributed by atoms with Gasteiger partial charge >= 0.3 is 5.97 Å². The lowest BCUT2D eigenvalue weighted by atomic mass is 10.2. The van der Waals surface area contributed by atoms with E-state index >= 15 is 0 Å². The van der Waals surface area contributed by atoms with Gasteiger partial charge in [-0.1, -0.05) is 12.1 Å². The number of hydrogen-bond acceptors (Lipinski definition) is 7. The summed E-state index contributed by atoms with van der Waals surface area (Å²) < 4.78 is 4.19. The molecule has 1 aromatic heterocycles. The predicted molar refractivity (Wildman–Crippen MR) is 83.3 cm³/mol. The molecule has 0 bridgehead atoms. The molecule has 0 aliphatic rings. The van der Waals surface area contributed by atoms with Crippen molar-refractivity contribution >= 4 is 34.0 Å². The highest BCUT2D eigenvalue weighted by molar-refractivity contribution is 7.09. The van der Waals surface area contributed by atoms with Crippen LogP contribution in [0.3, 0.4) is 0 Å². The van der Waals surface area contributed by atoms with E-state index in [9.17, 15) is 4.79 Å². The molecule has 0 aliphatic carbocycles. The van der Waals surface area contributed by atoms with Crippen LogP contribution < -0.4 is 10.7 Å². The Hall–Kier alpha value is -2.48. The molecule has 0 amide bonds. The second-order valence-electron chi connectivity index (χ2n) is 4.25. The molecule has 0 atom stereocenters. The zero-order valence-corrected chi connectivity index (χ0v) is 12.4. The van der Waals surface area contributed by atoms with Gasteiger partial charge < -0.3 is 10.4 Å². The molecule has 0 saturated carbocycles. The zero-order chi connectivity index (χ0) is 15.2. The van der Waals surface area contributed by atoms with Crippen molar-refractivity contribution in [3.63, 3.8) is 0 Å². The summed E-state index contributed by atoms with van der Waals surface area (Å²) in [6.07, 6.45) is 0.500. The standard InChI is InChI=1S/C13H15N5O2S/c1-8(7-11-15-13(14-2)21-18-11)16-17-10-6-4-3-5-9(10)12(19)20/h3-6,17H,7H2,1-2H3,(H,19,20)(H,14,15,18)/b16-8+. The van der Waals surface area contributed by atoms with Crippen molar-refractivity contribution in [2.45, 2.75) is 13.3 Å². The first-order valence-corrected chi connectivity index (χ1v) is 6.99. The number of anilines is 2. The van der Waals surface area contributed by atoms with Crippen molar-refractivity contribution in [1.29, 1.82) is 0 Å². The second kappa shape index (κ2) is 6.80. The summed E-state index contributed by atoms with van der Waals surface area (Å²) in [5.41, 5.74) is 4.16. The van der Waals surface area contributed by atoms with Gasteiger partial charge in [-0.3, -0.25) is 5.43 Å². The van der Waals surface area contributed by atoms with Crippen LogP contribution in [-0.4, -0.2) is 33.2 Å². The molecule has 1 aromatic carbocycles. The van der Waals surface area contributed by atoms with E-state index in [-0.39, 0.29) is 5.56 Å². The number of aromatic nitrogens is 2. The highest BCUT2D eigenvalue weighted by atomic mass is 32.1. The molecule has 2 rings (SSSR count). The molecular formula is C13H15N5O2S. The Morgan fingerprint density at radius 1 is 1.43 bits per heavy atom. The van der Waals surface area contributed by atoms with E-state index in [1.807, 2.05) is 6.92 Å². The Morgan fingerprint density at radius 2 is 2.19 bits per heavy atom. The third-order valence-corrected chi connectivity index (χ3v) is 3.39. The highest BCUT2D eigenvalue weighted by Crippen LogP contribution is 2.15. The molecule has 0 fully saturated rings. The van der Waals surface area contributed by atoms with Gasteiger partial charge in [-0.05, 0) is 19.1 Å². The lowest BCUT2D eigenvalue weighted by Crippen LogP contribution is -2.06. The van der Waals surface area contributed by atoms with E-state index in [0.29, 0.717) is 17.9 Å². The number of hydrazone groups is 1. The minimum Gasteiger partial charge on any atom is -0.478 e. The monoisotopic (exact) mass is 305 g/mol. The first-order chi connectivity index (χ1) is 10.1. The van der Waals surface area contributed by atoms with Crippen molar-refractivity contribution < 1.29 is 9.90 Å². The van der Waals surface area contributed by atoms with Crippen LogP contribution in [0.15, 0.2) is 29.4 Å². The van der Waals surface area contributed by atoms with Crippen LogP contribution in [0.1, 0.15) is 23.1 Å². The van der Waals surface area contributed by atoms with E-state index in [2.05, 4.69) is 25.2 Å². The van der Waals surface area contributed by atoms with Crippen LogP contribution in [0.5, 0.6) is 0 Å². The number of nitrogens with one attached hydrogen (secondary N) is 2. The SMILES string of the molecule is CNc1nc(C/C(C)=N/Nc2ccccc2C(=O)O)ns1. The molecule has 1 heterocycles. The molecule has 7 nitrogen and oxygen atoms in total. The predicted octanol–water partition coefficient (Wildman–Crippen LogP) is 2.31. The number of rotatable bonds is 6. The molecule has 3 N–H and O–H groups in total. The number of hydrogen-bond donors (Lipinski definition) is 3. The Morgan fingerprint density at radius 3 is 2.86 bits per heavy atom. The normalized spacial score (nSPS) is 11.2. The molecular weight excluding hydrogens is 290 g/mol. The Bertz CT molecular complexity index is 668. The number of nitrogens with zero attached hydrogens (tertiary/aromatic N) is 3. The molecule has 0 spiro atoms. The zero-order valence-electron chi connectivity index (χ0n) is 11.6. The number of aromatic carboxylic acids is 1. The van der Waals surface area contributed by atoms with Crippen molar-refractivity contribution in [2.75, 3.05) is 17.8 Å². The molecule has 21 heavy (non-hydrogen) atoms. The maximum Gasteiger partial charge on any atom is 0.337 e. The first kappa shape index (κ1) is 14.9. The van der Waals surface area contributed by atoms with Gasteiger partial charge in [0.25, 0.3) is 0 Å². The van der Waals surface area contributed by atoms with Crippen LogP contribution in [0.2, 0.25) is 0 Å². The van der Waals surface area contributed by atoms with Gasteiger partial charge in [0.15, 0.2) is 0 Å². The van der Waals surface area contributed by atoms with E-state index in [0.717, 1.165) is 10.8 Å². The topological polar surface area (TPSA) is 99.5 Å². The number of carbonyl (C=O) groups is 1. The average molecular weight is 305 g/mol. The summed E-state index contributed by atoms with van der Waals surface area (Å²) in [6, 6.07) is 6.61. The minimum atomic E-state index is -0.995. The smallest absolute Gasteiger partial charge is 0.337 e. The van der Waals surface area contributed by atoms with Gasteiger partial charge in [-0.2, -0.15) is 9.47 Å². The van der Waals surface area contributed by atoms with E-state index in [4.69, 9.17) is 5.11 Å². The van der Waals surface area contributed by atoms with Gasteiger partial charge in [-0.15, -0.1) is 0 Å². The summed E-state index contributed by atoms with van der Waals surface area (Å²) in [5.74, 6) is -0.315. The van der Waals surface area contributed by atoms with Crippen molar-refractivity contribution in [1.82, 2.24) is 9.36 Å². The molecule has 0 radical (unpaired) electrons. The number of carboxylic acids is 1. The molecule has 0 unspecified atom stereocenters. The van der Waals surface area contributed by atoms with E-state index in [1.54, 1.807) is 25.2 Å². The number of benzene rings is 1. The summed E-state index contributed by atoms with van der Waals surface area (Å²) >= 11 is 1.29. The van der Waals surface area contributed by atoms with Crippen LogP contribution in [-0.2, 0) is 6.42 Å². The van der Waals surface area contributed by atoms with Crippen LogP contribution >= 0.6 is 11.5 Å². The second-order valence-corrected chi connectivity index (χ2v) is 5.00. The van der Waals surface area contributed by atoms with Gasteiger partial charge in [-0.25, -0.2) is 9.78 Å². The summed E-state index contributed by atoms with van der Waals surface area (Å²) in [4.78, 5) is 15.3. The first-order valence-electron chi connectivity index (χ1n) is 6.22. The van der Waals surface area contributed by atoms with Gasteiger partial charge in [0, 0.05) is 30.7 Å². The fraction of sp³-hybridized carbons (Fsp3) is 0.231. The van der Waals surface area contributed by atoms with Crippen LogP contribution in [0.4, 0.5) is 10.8 Å². The quantitative estimate of drug-likeness (QED) is 0.559. The molecule has 0 saturated heterocycles. The molecule has 0 aliphatic heterocycles. The Kier molecular flexibility index (Phi) is 4.83. The third-order valence-electron chi connectivity index (χ3n) is 2.62. The van der Waals surface area contributed by atoms with Gasteiger partial charge in [0.05, 0.1) is 11.3 Å². The minimum absolute atomic E-state index is 0.179. The van der Waals surface area contributed by atoms with E-state index < -0.39 is 5.97 Å². The van der Waals surface area contributed by atoms with Crippen molar-refractivity contribution in [2.24, 2.45) is 5.10 Å². The fourth-order valence-electron chi connectivity index (χ4n) is 1.62. The lowest BCUT2D eigenvalue weighted by Gasteiger charge is -2.05. The Balaban J connectivity index is 2.05. The van der Waals surface area contributed by atoms with Crippen LogP contribution in [0.25, 0.3) is 0 Å². The highest BCUT2D eigenvalue weighted by Gasteiger charge is 2.08. The number of carboxylic acid groups (broad SMARTS) is 1. The van der Waals surface area contributed by atoms with Gasteiger partial charge in [0.1, 0.15) is 5.82 Å². The summed E-state index contributed by atoms with van der Waals surface area (Å²) in [7, 11) is 1.79. The number of para-hydroxylation sites is 1. The molecule has 8 heteroatoms. The van der Waals surface area contributed by atoms with Crippen LogP contribution in [0, 0.1) is 0 Å². The average Bonchev–Trinajstić information content (AvgIpc) is 2.93. The summed E-state index contributed by atoms with van der Waals surface area (Å²) in [6.45, 7) is 1.83. The maximum atomic E-state index is 11.1. The third kappa shape index (κ3) is 3.99. The molecule has 2 aromatic rings. The van der Waals surface area contributed by atoms with Crippen molar-refractivity contribution in [3.8, 4) is 0 Å². The van der Waals surface area contributed by atoms with E-state index in [1.165, 1.54) is 17.6 Å². The summed E-state index contributed by atoms with van der Waals surface area (Å²) in [5, 5.41) is 16.9.